The summed E-state index contributed by atoms with van der Waals surface area (Å²) in [4.78, 5) is 11.0. The summed E-state index contributed by atoms with van der Waals surface area (Å²) in [6.45, 7) is 0. The van der Waals surface area contributed by atoms with E-state index in [9.17, 15) is 9.35 Å². The summed E-state index contributed by atoms with van der Waals surface area (Å²) in [6.07, 6.45) is 0.646. The van der Waals surface area contributed by atoms with Crippen LogP contribution in [0.2, 0.25) is 0 Å². The number of rotatable bonds is 3. The minimum atomic E-state index is -1.48. The van der Waals surface area contributed by atoms with Crippen LogP contribution in [0.15, 0.2) is 45.7 Å². The molecule has 0 bridgehead atoms. The van der Waals surface area contributed by atoms with Crippen LogP contribution in [0.5, 0.6) is 0 Å². The van der Waals surface area contributed by atoms with E-state index >= 15 is 0 Å². The van der Waals surface area contributed by atoms with Crippen molar-refractivity contribution in [2.75, 3.05) is 0 Å². The van der Waals surface area contributed by atoms with E-state index in [4.69, 9.17) is 9.56 Å². The van der Waals surface area contributed by atoms with Crippen molar-refractivity contribution in [3.8, 4) is 11.3 Å². The Balaban J connectivity index is 2.30. The third-order valence-electron chi connectivity index (χ3n) is 2.11. The molecular formula is C11H9NO3S. The van der Waals surface area contributed by atoms with Gasteiger partial charge in [0.2, 0.25) is 0 Å². The molecule has 5 heteroatoms. The molecular weight excluding hydrogens is 226 g/mol. The molecule has 2 rings (SSSR count). The molecule has 1 heterocycles. The van der Waals surface area contributed by atoms with Gasteiger partial charge in [0.15, 0.2) is 16.9 Å². The Morgan fingerprint density at radius 3 is 2.38 bits per heavy atom. The average Bonchev–Trinajstić information content (AvgIpc) is 2.77. The van der Waals surface area contributed by atoms with Crippen LogP contribution in [0.4, 0.5) is 0 Å². The van der Waals surface area contributed by atoms with Crippen molar-refractivity contribution in [1.29, 1.82) is 0 Å². The van der Waals surface area contributed by atoms with Gasteiger partial charge < -0.3 is 8.97 Å². The Morgan fingerprint density at radius 1 is 1.19 bits per heavy atom. The molecule has 2 aromatic rings. The Hall–Kier alpha value is -1.56. The predicted octanol–water partition coefficient (Wildman–Crippen LogP) is 1.74. The Morgan fingerprint density at radius 2 is 1.88 bits per heavy atom. The Labute approximate surface area is 95.4 Å². The van der Waals surface area contributed by atoms with Gasteiger partial charge >= 0.3 is 0 Å². The summed E-state index contributed by atoms with van der Waals surface area (Å²) in [5.74, 6) is 0.873. The molecule has 4 nitrogen and oxygen atoms in total. The fourth-order valence-corrected chi connectivity index (χ4v) is 1.73. The van der Waals surface area contributed by atoms with E-state index in [2.05, 4.69) is 0 Å². The smallest absolute Gasteiger partial charge is 0.185 e. The second kappa shape index (κ2) is 4.52. The molecule has 0 saturated carbocycles. The van der Waals surface area contributed by atoms with Crippen LogP contribution in [0.25, 0.3) is 11.3 Å². The molecule has 0 spiro atoms. The summed E-state index contributed by atoms with van der Waals surface area (Å²) >= 11 is -1.48. The molecule has 0 radical (unpaired) electrons. The summed E-state index contributed by atoms with van der Waals surface area (Å²) < 4.78 is 16.2. The largest absolute Gasteiger partial charge is 0.593 e. The fourth-order valence-electron chi connectivity index (χ4n) is 1.32. The average molecular weight is 235 g/mol. The molecule has 1 aromatic heterocycles. The van der Waals surface area contributed by atoms with E-state index in [-0.39, 0.29) is 5.76 Å². The van der Waals surface area contributed by atoms with Gasteiger partial charge in [-0.3, -0.25) is 4.79 Å². The quantitative estimate of drug-likeness (QED) is 0.649. The van der Waals surface area contributed by atoms with Gasteiger partial charge in [-0.2, -0.15) is 0 Å². The lowest BCUT2D eigenvalue weighted by Crippen LogP contribution is -2.11. The first-order valence-corrected chi connectivity index (χ1v) is 5.73. The van der Waals surface area contributed by atoms with Gasteiger partial charge in [0.05, 0.1) is 11.4 Å². The van der Waals surface area contributed by atoms with Gasteiger partial charge in [-0.15, -0.1) is 5.14 Å². The maximum Gasteiger partial charge on any atom is 0.185 e. The highest BCUT2D eigenvalue weighted by Gasteiger charge is 2.07. The van der Waals surface area contributed by atoms with Crippen LogP contribution in [0, 0.1) is 0 Å². The topological polar surface area (TPSA) is 79.3 Å². The van der Waals surface area contributed by atoms with Gasteiger partial charge in [0.1, 0.15) is 5.76 Å². The number of benzene rings is 1. The molecule has 1 atom stereocenters. The van der Waals surface area contributed by atoms with E-state index in [1.54, 1.807) is 36.4 Å². The van der Waals surface area contributed by atoms with E-state index in [1.165, 1.54) is 0 Å². The van der Waals surface area contributed by atoms with E-state index in [0.717, 1.165) is 5.56 Å². The lowest BCUT2D eigenvalue weighted by molar-refractivity contribution is 0.110. The summed E-state index contributed by atoms with van der Waals surface area (Å²) in [7, 11) is 0. The molecule has 0 amide bonds. The first-order valence-electron chi connectivity index (χ1n) is 4.52. The van der Waals surface area contributed by atoms with Crippen molar-refractivity contribution >= 4 is 17.6 Å². The van der Waals surface area contributed by atoms with Crippen molar-refractivity contribution < 1.29 is 13.8 Å². The fraction of sp³-hybridized carbons (Fsp3) is 0. The SMILES string of the molecule is N[S+]([O-])c1ccc(-c2ccc(C=O)o2)cc1. The summed E-state index contributed by atoms with van der Waals surface area (Å²) in [6, 6.07) is 10.1. The van der Waals surface area contributed by atoms with Crippen LogP contribution in [-0.4, -0.2) is 10.8 Å². The minimum Gasteiger partial charge on any atom is -0.593 e. The van der Waals surface area contributed by atoms with Crippen molar-refractivity contribution in [1.82, 2.24) is 0 Å². The van der Waals surface area contributed by atoms with Gasteiger partial charge in [0, 0.05) is 5.56 Å². The monoisotopic (exact) mass is 235 g/mol. The van der Waals surface area contributed by atoms with Crippen molar-refractivity contribution in [2.45, 2.75) is 4.90 Å². The number of hydrogen-bond acceptors (Lipinski definition) is 4. The number of carbonyl (C=O) groups excluding carboxylic acids is 1. The predicted molar refractivity (Wildman–Crippen MR) is 60.1 cm³/mol. The highest BCUT2D eigenvalue weighted by Crippen LogP contribution is 2.22. The first kappa shape index (κ1) is 10.9. The number of nitrogens with two attached hydrogens (primary N) is 1. The first-order chi connectivity index (χ1) is 7.70. The standard InChI is InChI=1S/C11H9NO3S/c12-16(14)10-4-1-8(2-5-10)11-6-3-9(7-13)15-11/h1-7H,12H2. The van der Waals surface area contributed by atoms with Crippen LogP contribution in [0.3, 0.4) is 0 Å². The second-order valence-electron chi connectivity index (χ2n) is 3.14. The normalized spacial score (nSPS) is 12.4. The molecule has 1 unspecified atom stereocenters. The molecule has 0 saturated heterocycles. The van der Waals surface area contributed by atoms with Crippen LogP contribution >= 0.6 is 0 Å². The molecule has 0 aliphatic heterocycles. The van der Waals surface area contributed by atoms with Gasteiger partial charge in [-0.05, 0) is 36.4 Å². The van der Waals surface area contributed by atoms with Crippen molar-refractivity contribution in [3.05, 3.63) is 42.2 Å². The number of aldehydes is 1. The summed E-state index contributed by atoms with van der Waals surface area (Å²) in [5.41, 5.74) is 0.808. The van der Waals surface area contributed by atoms with Crippen molar-refractivity contribution in [3.63, 3.8) is 0 Å². The number of furan rings is 1. The maximum atomic E-state index is 11.0. The second-order valence-corrected chi connectivity index (χ2v) is 4.21. The zero-order chi connectivity index (χ0) is 11.5. The molecule has 1 aromatic carbocycles. The summed E-state index contributed by atoms with van der Waals surface area (Å²) in [5, 5.41) is 5.23. The molecule has 16 heavy (non-hydrogen) atoms. The minimum absolute atomic E-state index is 0.279. The molecule has 82 valence electrons. The van der Waals surface area contributed by atoms with Crippen LogP contribution < -0.4 is 5.14 Å². The Bertz CT molecular complexity index is 490. The number of hydrogen-bond donors (Lipinski definition) is 1. The lowest BCUT2D eigenvalue weighted by atomic mass is 10.2. The molecule has 0 fully saturated rings. The third-order valence-corrected chi connectivity index (χ3v) is 2.85. The Kier molecular flexibility index (Phi) is 3.09. The highest BCUT2D eigenvalue weighted by atomic mass is 32.2. The van der Waals surface area contributed by atoms with Gasteiger partial charge in [-0.1, -0.05) is 0 Å². The zero-order valence-electron chi connectivity index (χ0n) is 8.25. The lowest BCUT2D eigenvalue weighted by Gasteiger charge is -2.02. The maximum absolute atomic E-state index is 11.0. The van der Waals surface area contributed by atoms with E-state index in [0.29, 0.717) is 16.9 Å². The van der Waals surface area contributed by atoms with Crippen LogP contribution in [0.1, 0.15) is 10.6 Å². The van der Waals surface area contributed by atoms with Gasteiger partial charge in [0.25, 0.3) is 0 Å². The molecule has 0 aliphatic carbocycles. The van der Waals surface area contributed by atoms with Crippen molar-refractivity contribution in [2.24, 2.45) is 5.14 Å². The third kappa shape index (κ3) is 2.16. The van der Waals surface area contributed by atoms with Gasteiger partial charge in [-0.25, -0.2) is 0 Å². The zero-order valence-corrected chi connectivity index (χ0v) is 9.07. The molecule has 2 N–H and O–H groups in total. The van der Waals surface area contributed by atoms with E-state index in [1.807, 2.05) is 0 Å². The molecule has 0 aliphatic rings. The number of carbonyl (C=O) groups is 1. The van der Waals surface area contributed by atoms with E-state index < -0.39 is 11.4 Å². The van der Waals surface area contributed by atoms with Crippen LogP contribution in [-0.2, 0) is 11.4 Å². The highest BCUT2D eigenvalue weighted by molar-refractivity contribution is 7.89.